The Balaban J connectivity index is 2.11. The van der Waals surface area contributed by atoms with Crippen molar-refractivity contribution in [3.05, 3.63) is 0 Å². The van der Waals surface area contributed by atoms with Crippen LogP contribution in [0, 0.1) is 0 Å². The Morgan fingerprint density at radius 1 is 1.78 bits per heavy atom. The molecule has 1 heterocycles. The van der Waals surface area contributed by atoms with E-state index in [4.69, 9.17) is 0 Å². The highest BCUT2D eigenvalue weighted by molar-refractivity contribution is 8.14. The SMILES string of the molecule is CCCNC1=NCCS1. The molecule has 52 valence electrons. The maximum absolute atomic E-state index is 4.24. The molecule has 2 nitrogen and oxygen atoms in total. The first-order valence-corrected chi connectivity index (χ1v) is 4.33. The molecule has 1 N–H and O–H groups in total. The highest BCUT2D eigenvalue weighted by Gasteiger charge is 2.03. The van der Waals surface area contributed by atoms with Gasteiger partial charge in [-0.25, -0.2) is 0 Å². The third-order valence-electron chi connectivity index (χ3n) is 1.11. The quantitative estimate of drug-likeness (QED) is 0.627. The molecule has 9 heavy (non-hydrogen) atoms. The van der Waals surface area contributed by atoms with E-state index in [1.165, 1.54) is 6.42 Å². The summed E-state index contributed by atoms with van der Waals surface area (Å²) in [6, 6.07) is 0. The second-order valence-corrected chi connectivity index (χ2v) is 3.05. The zero-order valence-corrected chi connectivity index (χ0v) is 6.50. The van der Waals surface area contributed by atoms with Gasteiger partial charge < -0.3 is 5.32 Å². The highest BCUT2D eigenvalue weighted by atomic mass is 32.2. The lowest BCUT2D eigenvalue weighted by Gasteiger charge is -1.99. The summed E-state index contributed by atoms with van der Waals surface area (Å²) in [7, 11) is 0. The van der Waals surface area contributed by atoms with Gasteiger partial charge in [-0.1, -0.05) is 18.7 Å². The zero-order chi connectivity index (χ0) is 6.53. The average molecular weight is 144 g/mol. The van der Waals surface area contributed by atoms with Crippen LogP contribution in [-0.4, -0.2) is 24.0 Å². The van der Waals surface area contributed by atoms with Crippen molar-refractivity contribution < 1.29 is 0 Å². The standard InChI is InChI=1S/C6H12N2S/c1-2-3-7-6-8-4-5-9-6/h2-5H2,1H3,(H,7,8). The van der Waals surface area contributed by atoms with Crippen molar-refractivity contribution in [3.8, 4) is 0 Å². The van der Waals surface area contributed by atoms with Crippen LogP contribution in [0.5, 0.6) is 0 Å². The maximum Gasteiger partial charge on any atom is 0.156 e. The minimum atomic E-state index is 0.997. The lowest BCUT2D eigenvalue weighted by Crippen LogP contribution is -2.19. The van der Waals surface area contributed by atoms with Gasteiger partial charge in [0.05, 0.1) is 6.54 Å². The molecule has 1 aliphatic heterocycles. The van der Waals surface area contributed by atoms with Crippen molar-refractivity contribution in [2.75, 3.05) is 18.8 Å². The number of hydrogen-bond acceptors (Lipinski definition) is 3. The first-order valence-electron chi connectivity index (χ1n) is 3.34. The van der Waals surface area contributed by atoms with Gasteiger partial charge >= 0.3 is 0 Å². The molecule has 0 amide bonds. The van der Waals surface area contributed by atoms with Gasteiger partial charge in [0.2, 0.25) is 0 Å². The maximum atomic E-state index is 4.24. The van der Waals surface area contributed by atoms with E-state index in [-0.39, 0.29) is 0 Å². The van der Waals surface area contributed by atoms with Crippen molar-refractivity contribution in [1.29, 1.82) is 0 Å². The van der Waals surface area contributed by atoms with Crippen molar-refractivity contribution in [1.82, 2.24) is 5.32 Å². The van der Waals surface area contributed by atoms with Crippen molar-refractivity contribution in [3.63, 3.8) is 0 Å². The molecule has 0 bridgehead atoms. The first-order chi connectivity index (χ1) is 4.43. The number of thioether (sulfide) groups is 1. The molecule has 0 saturated heterocycles. The van der Waals surface area contributed by atoms with Crippen molar-refractivity contribution in [2.24, 2.45) is 4.99 Å². The third-order valence-corrected chi connectivity index (χ3v) is 2.05. The molecule has 1 aliphatic rings. The van der Waals surface area contributed by atoms with Gasteiger partial charge in [-0.15, -0.1) is 0 Å². The van der Waals surface area contributed by atoms with Gasteiger partial charge in [-0.3, -0.25) is 4.99 Å². The van der Waals surface area contributed by atoms with E-state index in [1.54, 1.807) is 0 Å². The predicted octanol–water partition coefficient (Wildman–Crippen LogP) is 1.09. The molecule has 0 saturated carbocycles. The second-order valence-electron chi connectivity index (χ2n) is 1.96. The van der Waals surface area contributed by atoms with E-state index in [0.29, 0.717) is 0 Å². The lowest BCUT2D eigenvalue weighted by molar-refractivity contribution is 0.846. The van der Waals surface area contributed by atoms with Gasteiger partial charge in [0, 0.05) is 12.3 Å². The molecule has 0 fully saturated rings. The Morgan fingerprint density at radius 3 is 3.22 bits per heavy atom. The van der Waals surface area contributed by atoms with Crippen molar-refractivity contribution >= 4 is 16.9 Å². The summed E-state index contributed by atoms with van der Waals surface area (Å²) in [6.45, 7) is 4.22. The monoisotopic (exact) mass is 144 g/mol. The van der Waals surface area contributed by atoms with E-state index in [0.717, 1.165) is 24.0 Å². The summed E-state index contributed by atoms with van der Waals surface area (Å²) in [5.41, 5.74) is 0. The minimum absolute atomic E-state index is 0.997. The summed E-state index contributed by atoms with van der Waals surface area (Å²) < 4.78 is 0. The molecule has 3 heteroatoms. The molecule has 0 spiro atoms. The Kier molecular flexibility index (Phi) is 2.91. The number of rotatable bonds is 2. The molecular weight excluding hydrogens is 132 g/mol. The van der Waals surface area contributed by atoms with E-state index in [2.05, 4.69) is 17.2 Å². The van der Waals surface area contributed by atoms with E-state index < -0.39 is 0 Å². The zero-order valence-electron chi connectivity index (χ0n) is 5.68. The molecule has 0 aliphatic carbocycles. The largest absolute Gasteiger partial charge is 0.365 e. The highest BCUT2D eigenvalue weighted by Crippen LogP contribution is 2.08. The number of amidine groups is 1. The van der Waals surface area contributed by atoms with Crippen LogP contribution in [0.25, 0.3) is 0 Å². The Morgan fingerprint density at radius 2 is 2.67 bits per heavy atom. The Hall–Kier alpha value is -0.180. The molecule has 0 aromatic rings. The van der Waals surface area contributed by atoms with Crippen LogP contribution in [0.1, 0.15) is 13.3 Å². The molecule has 0 radical (unpaired) electrons. The normalized spacial score (nSPS) is 17.7. The molecule has 0 aromatic carbocycles. The fourth-order valence-electron chi connectivity index (χ4n) is 0.674. The van der Waals surface area contributed by atoms with E-state index in [1.807, 2.05) is 11.8 Å². The third kappa shape index (κ3) is 2.26. The first kappa shape index (κ1) is 6.93. The molecule has 0 unspecified atom stereocenters. The molecule has 0 aromatic heterocycles. The predicted molar refractivity (Wildman–Crippen MR) is 43.1 cm³/mol. The number of nitrogens with zero attached hydrogens (tertiary/aromatic N) is 1. The number of hydrogen-bond donors (Lipinski definition) is 1. The summed E-state index contributed by atoms with van der Waals surface area (Å²) in [5.74, 6) is 1.16. The van der Waals surface area contributed by atoms with E-state index >= 15 is 0 Å². The summed E-state index contributed by atoms with van der Waals surface area (Å²) in [5, 5.41) is 4.38. The average Bonchev–Trinajstić information content (AvgIpc) is 2.34. The molecule has 1 rings (SSSR count). The van der Waals surface area contributed by atoms with Crippen LogP contribution < -0.4 is 5.32 Å². The van der Waals surface area contributed by atoms with Crippen LogP contribution in [0.4, 0.5) is 0 Å². The fourth-order valence-corrected chi connectivity index (χ4v) is 1.44. The van der Waals surface area contributed by atoms with Gasteiger partial charge in [0.1, 0.15) is 0 Å². The molecule has 0 atom stereocenters. The van der Waals surface area contributed by atoms with Gasteiger partial charge in [-0.05, 0) is 6.42 Å². The number of nitrogens with one attached hydrogen (secondary N) is 1. The topological polar surface area (TPSA) is 24.4 Å². The summed E-state index contributed by atoms with van der Waals surface area (Å²) in [6.07, 6.45) is 1.18. The Bertz CT molecular complexity index is 112. The van der Waals surface area contributed by atoms with Crippen LogP contribution in [0.15, 0.2) is 4.99 Å². The van der Waals surface area contributed by atoms with Gasteiger partial charge in [0.15, 0.2) is 5.17 Å². The van der Waals surface area contributed by atoms with Crippen LogP contribution >= 0.6 is 11.8 Å². The number of aliphatic imine (C=N–C) groups is 1. The summed E-state index contributed by atoms with van der Waals surface area (Å²) in [4.78, 5) is 4.24. The van der Waals surface area contributed by atoms with Crippen LogP contribution in [-0.2, 0) is 0 Å². The van der Waals surface area contributed by atoms with Crippen molar-refractivity contribution in [2.45, 2.75) is 13.3 Å². The molecular formula is C6H12N2S. The van der Waals surface area contributed by atoms with Gasteiger partial charge in [-0.2, -0.15) is 0 Å². The summed E-state index contributed by atoms with van der Waals surface area (Å²) >= 11 is 1.82. The smallest absolute Gasteiger partial charge is 0.156 e. The van der Waals surface area contributed by atoms with Crippen LogP contribution in [0.2, 0.25) is 0 Å². The lowest BCUT2D eigenvalue weighted by atomic mass is 10.5. The minimum Gasteiger partial charge on any atom is -0.365 e. The van der Waals surface area contributed by atoms with Gasteiger partial charge in [0.25, 0.3) is 0 Å². The fraction of sp³-hybridized carbons (Fsp3) is 0.833. The van der Waals surface area contributed by atoms with Crippen LogP contribution in [0.3, 0.4) is 0 Å². The second kappa shape index (κ2) is 3.77. The Labute approximate surface area is 60.1 Å². The van der Waals surface area contributed by atoms with E-state index in [9.17, 15) is 0 Å².